The molecule has 0 radical (unpaired) electrons. The Morgan fingerprint density at radius 3 is 2.42 bits per heavy atom. The maximum atomic E-state index is 13.0. The Morgan fingerprint density at radius 1 is 1.21 bits per heavy atom. The van der Waals surface area contributed by atoms with E-state index in [0.717, 1.165) is 0 Å². The number of sulfone groups is 1. The molecular weight excluding hydrogens is 545 g/mol. The minimum absolute atomic E-state index is 0.0650. The highest BCUT2D eigenvalue weighted by atomic mass is 35.5. The molecule has 2 aromatic rings. The minimum Gasteiger partial charge on any atom is -0.496 e. The molecule has 1 N–H and O–H groups in total. The number of halogens is 4. The lowest BCUT2D eigenvalue weighted by Crippen LogP contribution is -2.53. The molecular formula is C25H32ClF3N4O4S. The number of carbonyl (C=O) groups is 1. The quantitative estimate of drug-likeness (QED) is 0.495. The molecule has 8 nitrogen and oxygen atoms in total. The standard InChI is InChI=1S/C25H32ClF3N4O4S/c1-4-33-23(19-10-7-17(11-20(19)37-2)32-13-16(14-32)25(27,28)29)21(26)22(31-33)24(34)30-12-15-5-8-18(9-6-15)38(3,35)36/h7,10-11,15-16,18H,4-6,8-9,12-14H2,1-3H3,(H,30,34). The van der Waals surface area contributed by atoms with Crippen LogP contribution in [-0.4, -0.2) is 68.5 Å². The molecule has 1 aliphatic carbocycles. The Balaban J connectivity index is 1.48. The maximum absolute atomic E-state index is 13.0. The van der Waals surface area contributed by atoms with Crippen molar-refractivity contribution < 1.29 is 31.1 Å². The molecule has 0 unspecified atom stereocenters. The summed E-state index contributed by atoms with van der Waals surface area (Å²) in [5.74, 6) is -1.19. The largest absolute Gasteiger partial charge is 0.496 e. The first-order valence-corrected chi connectivity index (χ1v) is 14.9. The summed E-state index contributed by atoms with van der Waals surface area (Å²) in [5, 5.41) is 7.13. The summed E-state index contributed by atoms with van der Waals surface area (Å²) in [6, 6.07) is 5.09. The lowest BCUT2D eigenvalue weighted by atomic mass is 9.89. The first kappa shape index (κ1) is 28.5. The number of methoxy groups -OCH3 is 1. The number of hydrogen-bond acceptors (Lipinski definition) is 6. The molecule has 4 rings (SSSR count). The van der Waals surface area contributed by atoms with Crippen molar-refractivity contribution in [2.45, 2.75) is 50.6 Å². The smallest absolute Gasteiger partial charge is 0.395 e. The Morgan fingerprint density at radius 2 is 1.87 bits per heavy atom. The summed E-state index contributed by atoms with van der Waals surface area (Å²) in [4.78, 5) is 14.6. The zero-order chi connectivity index (χ0) is 27.8. The predicted octanol–water partition coefficient (Wildman–Crippen LogP) is 4.56. The molecule has 1 amide bonds. The number of alkyl halides is 3. The van der Waals surface area contributed by atoms with Gasteiger partial charge in [-0.1, -0.05) is 11.6 Å². The van der Waals surface area contributed by atoms with Crippen molar-refractivity contribution in [3.05, 3.63) is 28.9 Å². The predicted molar refractivity (Wildman–Crippen MR) is 140 cm³/mol. The molecule has 1 saturated heterocycles. The summed E-state index contributed by atoms with van der Waals surface area (Å²) < 4.78 is 69.4. The minimum atomic E-state index is -4.21. The van der Waals surface area contributed by atoms with Crippen LogP contribution in [-0.2, 0) is 16.4 Å². The van der Waals surface area contributed by atoms with Crippen LogP contribution in [0.4, 0.5) is 18.9 Å². The second-order valence-electron chi connectivity index (χ2n) is 10.0. The van der Waals surface area contributed by atoms with Crippen LogP contribution >= 0.6 is 11.6 Å². The van der Waals surface area contributed by atoms with Gasteiger partial charge in [-0.3, -0.25) is 9.48 Å². The monoisotopic (exact) mass is 576 g/mol. The van der Waals surface area contributed by atoms with E-state index in [0.29, 0.717) is 61.5 Å². The number of anilines is 1. The van der Waals surface area contributed by atoms with E-state index in [4.69, 9.17) is 16.3 Å². The maximum Gasteiger partial charge on any atom is 0.395 e. The van der Waals surface area contributed by atoms with Gasteiger partial charge < -0.3 is 15.0 Å². The molecule has 0 atom stereocenters. The number of carbonyl (C=O) groups excluding carboxylic acids is 1. The van der Waals surface area contributed by atoms with Gasteiger partial charge >= 0.3 is 6.18 Å². The molecule has 1 aromatic carbocycles. The van der Waals surface area contributed by atoms with Crippen molar-refractivity contribution >= 4 is 33.0 Å². The number of nitrogens with one attached hydrogen (secondary N) is 1. The Labute approximate surface area is 225 Å². The third kappa shape index (κ3) is 5.90. The number of ether oxygens (including phenoxy) is 1. The molecule has 2 heterocycles. The second-order valence-corrected chi connectivity index (χ2v) is 12.7. The van der Waals surface area contributed by atoms with Crippen LogP contribution in [0.5, 0.6) is 5.75 Å². The second kappa shape index (κ2) is 11.0. The van der Waals surface area contributed by atoms with Gasteiger partial charge in [0.2, 0.25) is 0 Å². The van der Waals surface area contributed by atoms with Crippen LogP contribution in [0, 0.1) is 11.8 Å². The van der Waals surface area contributed by atoms with Crippen molar-refractivity contribution in [3.63, 3.8) is 0 Å². The van der Waals surface area contributed by atoms with E-state index in [2.05, 4.69) is 10.4 Å². The zero-order valence-electron chi connectivity index (χ0n) is 21.5. The number of amides is 1. The SMILES string of the molecule is CCn1nc(C(=O)NCC2CCC(S(C)(=O)=O)CC2)c(Cl)c1-c1ccc(N2CC(C(F)(F)F)C2)cc1OC. The van der Waals surface area contributed by atoms with E-state index < -0.39 is 27.8 Å². The number of rotatable bonds is 8. The van der Waals surface area contributed by atoms with Crippen molar-refractivity contribution in [3.8, 4) is 17.0 Å². The molecule has 1 saturated carbocycles. The summed E-state index contributed by atoms with van der Waals surface area (Å²) in [6.45, 7) is 2.45. The normalized spacial score (nSPS) is 20.8. The number of benzene rings is 1. The summed E-state index contributed by atoms with van der Waals surface area (Å²) in [6.07, 6.45) is -0.360. The number of aromatic nitrogens is 2. The van der Waals surface area contributed by atoms with Crippen molar-refractivity contribution in [2.24, 2.45) is 11.8 Å². The first-order valence-electron chi connectivity index (χ1n) is 12.6. The Bertz CT molecular complexity index is 1280. The highest BCUT2D eigenvalue weighted by molar-refractivity contribution is 7.91. The van der Waals surface area contributed by atoms with E-state index in [1.54, 1.807) is 27.8 Å². The van der Waals surface area contributed by atoms with Crippen molar-refractivity contribution in [1.29, 1.82) is 0 Å². The molecule has 1 aliphatic heterocycles. The fourth-order valence-corrected chi connectivity index (χ4v) is 6.58. The first-order chi connectivity index (χ1) is 17.8. The van der Waals surface area contributed by atoms with Gasteiger partial charge in [-0.15, -0.1) is 0 Å². The average Bonchev–Trinajstić information content (AvgIpc) is 3.16. The third-order valence-electron chi connectivity index (χ3n) is 7.51. The highest BCUT2D eigenvalue weighted by Gasteiger charge is 2.47. The summed E-state index contributed by atoms with van der Waals surface area (Å²) in [5.41, 5.74) is 1.72. The topological polar surface area (TPSA) is 93.5 Å². The van der Waals surface area contributed by atoms with Crippen LogP contribution in [0.2, 0.25) is 5.02 Å². The third-order valence-corrected chi connectivity index (χ3v) is 9.55. The lowest BCUT2D eigenvalue weighted by molar-refractivity contribution is -0.180. The molecule has 210 valence electrons. The van der Waals surface area contributed by atoms with Gasteiger partial charge in [0.05, 0.1) is 29.0 Å². The Kier molecular flexibility index (Phi) is 8.23. The van der Waals surface area contributed by atoms with E-state index >= 15 is 0 Å². The average molecular weight is 577 g/mol. The lowest BCUT2D eigenvalue weighted by Gasteiger charge is -2.41. The number of nitrogens with zero attached hydrogens (tertiary/aromatic N) is 3. The summed E-state index contributed by atoms with van der Waals surface area (Å²) in [7, 11) is -1.59. The number of hydrogen-bond donors (Lipinski definition) is 1. The van der Waals surface area contributed by atoms with E-state index in [-0.39, 0.29) is 35.0 Å². The number of aryl methyl sites for hydroxylation is 1. The van der Waals surface area contributed by atoms with Crippen LogP contribution in [0.15, 0.2) is 18.2 Å². The molecule has 0 spiro atoms. The van der Waals surface area contributed by atoms with Gasteiger partial charge in [0.15, 0.2) is 5.69 Å². The fraction of sp³-hybridized carbons (Fsp3) is 0.600. The van der Waals surface area contributed by atoms with Crippen molar-refractivity contribution in [2.75, 3.05) is 37.9 Å². The van der Waals surface area contributed by atoms with Gasteiger partial charge in [0, 0.05) is 49.8 Å². The van der Waals surface area contributed by atoms with Gasteiger partial charge in [0.25, 0.3) is 5.91 Å². The van der Waals surface area contributed by atoms with Gasteiger partial charge in [-0.05, 0) is 50.7 Å². The Hall–Kier alpha value is -2.47. The van der Waals surface area contributed by atoms with Crippen LogP contribution in [0.25, 0.3) is 11.3 Å². The molecule has 0 bridgehead atoms. The van der Waals surface area contributed by atoms with Crippen LogP contribution in [0.1, 0.15) is 43.1 Å². The van der Waals surface area contributed by atoms with E-state index in [1.807, 2.05) is 6.92 Å². The molecule has 2 fully saturated rings. The van der Waals surface area contributed by atoms with Gasteiger partial charge in [-0.2, -0.15) is 18.3 Å². The van der Waals surface area contributed by atoms with Gasteiger partial charge in [-0.25, -0.2) is 8.42 Å². The van der Waals surface area contributed by atoms with Crippen LogP contribution in [0.3, 0.4) is 0 Å². The molecule has 13 heteroatoms. The molecule has 38 heavy (non-hydrogen) atoms. The highest BCUT2D eigenvalue weighted by Crippen LogP contribution is 2.42. The fourth-order valence-electron chi connectivity index (χ4n) is 5.12. The molecule has 1 aromatic heterocycles. The summed E-state index contributed by atoms with van der Waals surface area (Å²) >= 11 is 6.67. The molecule has 2 aliphatic rings. The zero-order valence-corrected chi connectivity index (χ0v) is 23.1. The van der Waals surface area contributed by atoms with Crippen LogP contribution < -0.4 is 15.0 Å². The van der Waals surface area contributed by atoms with E-state index in [9.17, 15) is 26.4 Å². The van der Waals surface area contributed by atoms with Crippen molar-refractivity contribution in [1.82, 2.24) is 15.1 Å². The van der Waals surface area contributed by atoms with E-state index in [1.165, 1.54) is 13.4 Å². The van der Waals surface area contributed by atoms with Gasteiger partial charge in [0.1, 0.15) is 15.6 Å².